The lowest BCUT2D eigenvalue weighted by molar-refractivity contribution is -0.134. The van der Waals surface area contributed by atoms with Gasteiger partial charge in [-0.2, -0.15) is 0 Å². The molecule has 0 aromatic carbocycles. The molecule has 1 unspecified atom stereocenters. The first-order valence-electron chi connectivity index (χ1n) is 3.94. The Balaban J connectivity index is 2.97. The number of rotatable bonds is 1. The summed E-state index contributed by atoms with van der Waals surface area (Å²) in [6, 6.07) is 0. The Labute approximate surface area is 70.0 Å². The molecule has 5 nitrogen and oxygen atoms in total. The van der Waals surface area contributed by atoms with E-state index in [0.717, 1.165) is 6.08 Å². The third kappa shape index (κ3) is 1.63. The SMILES string of the molecule is [2H]C1C(C(=O)O)=C[C@@H](O)[C@@H](O)[C@@H]1O. The summed E-state index contributed by atoms with van der Waals surface area (Å²) >= 11 is 0. The molecule has 4 N–H and O–H groups in total. The van der Waals surface area contributed by atoms with Crippen molar-refractivity contribution in [2.45, 2.75) is 24.7 Å². The van der Waals surface area contributed by atoms with E-state index in [1.54, 1.807) is 0 Å². The summed E-state index contributed by atoms with van der Waals surface area (Å²) in [7, 11) is 0. The fourth-order valence-corrected chi connectivity index (χ4v) is 0.965. The van der Waals surface area contributed by atoms with E-state index < -0.39 is 36.3 Å². The molecule has 0 heterocycles. The zero-order chi connectivity index (χ0) is 10.2. The molecule has 0 radical (unpaired) electrons. The van der Waals surface area contributed by atoms with Crippen LogP contribution >= 0.6 is 0 Å². The summed E-state index contributed by atoms with van der Waals surface area (Å²) in [4.78, 5) is 10.5. The highest BCUT2D eigenvalue weighted by molar-refractivity contribution is 5.87. The molecule has 4 atom stereocenters. The first-order chi connectivity index (χ1) is 5.95. The van der Waals surface area contributed by atoms with E-state index in [-0.39, 0.29) is 0 Å². The van der Waals surface area contributed by atoms with Crippen LogP contribution in [0, 0.1) is 0 Å². The van der Waals surface area contributed by atoms with Crippen molar-refractivity contribution in [1.82, 2.24) is 0 Å². The van der Waals surface area contributed by atoms with Gasteiger partial charge in [0.05, 0.1) is 6.10 Å². The van der Waals surface area contributed by atoms with Gasteiger partial charge in [0.15, 0.2) is 0 Å². The Morgan fingerprint density at radius 2 is 2.17 bits per heavy atom. The lowest BCUT2D eigenvalue weighted by Gasteiger charge is -2.25. The molecule has 0 spiro atoms. The van der Waals surface area contributed by atoms with Crippen molar-refractivity contribution in [3.63, 3.8) is 0 Å². The summed E-state index contributed by atoms with van der Waals surface area (Å²) in [5.74, 6) is -1.37. The molecule has 0 amide bonds. The summed E-state index contributed by atoms with van der Waals surface area (Å²) in [6.45, 7) is 0. The highest BCUT2D eigenvalue weighted by atomic mass is 16.4. The predicted octanol–water partition coefficient (Wildman–Crippen LogP) is -1.52. The number of aliphatic carboxylic acids is 1. The van der Waals surface area contributed by atoms with Crippen LogP contribution in [0.3, 0.4) is 0 Å². The van der Waals surface area contributed by atoms with Gasteiger partial charge in [-0.1, -0.05) is 0 Å². The Bertz CT molecular complexity index is 251. The molecule has 0 aromatic rings. The van der Waals surface area contributed by atoms with Crippen LogP contribution in [0.15, 0.2) is 11.6 Å². The number of carbonyl (C=O) groups is 1. The summed E-state index contributed by atoms with van der Waals surface area (Å²) < 4.78 is 7.22. The van der Waals surface area contributed by atoms with Crippen LogP contribution in [0.2, 0.25) is 0 Å². The minimum Gasteiger partial charge on any atom is -0.478 e. The van der Waals surface area contributed by atoms with Crippen molar-refractivity contribution in [3.05, 3.63) is 11.6 Å². The van der Waals surface area contributed by atoms with Crippen molar-refractivity contribution < 1.29 is 26.6 Å². The highest BCUT2D eigenvalue weighted by Gasteiger charge is 2.31. The predicted molar refractivity (Wildman–Crippen MR) is 38.4 cm³/mol. The van der Waals surface area contributed by atoms with E-state index >= 15 is 0 Å². The van der Waals surface area contributed by atoms with Gasteiger partial charge in [0.1, 0.15) is 12.2 Å². The van der Waals surface area contributed by atoms with Gasteiger partial charge in [0, 0.05) is 13.3 Å². The maximum absolute atomic E-state index is 10.5. The van der Waals surface area contributed by atoms with Crippen LogP contribution < -0.4 is 0 Å². The molecule has 0 aliphatic heterocycles. The molecule has 12 heavy (non-hydrogen) atoms. The Kier molecular flexibility index (Phi) is 2.07. The third-order valence-corrected chi connectivity index (χ3v) is 1.65. The minimum absolute atomic E-state index is 0.398. The second kappa shape index (κ2) is 3.22. The maximum Gasteiger partial charge on any atom is 0.331 e. The molecule has 0 saturated carbocycles. The molecular formula is C7H10O5. The van der Waals surface area contributed by atoms with Crippen LogP contribution in [0.4, 0.5) is 0 Å². The second-order valence-corrected chi connectivity index (χ2v) is 2.57. The van der Waals surface area contributed by atoms with Crippen LogP contribution in [-0.2, 0) is 4.79 Å². The maximum atomic E-state index is 10.5. The van der Waals surface area contributed by atoms with Crippen molar-refractivity contribution in [3.8, 4) is 0 Å². The van der Waals surface area contributed by atoms with Crippen LogP contribution in [0.25, 0.3) is 0 Å². The van der Waals surface area contributed by atoms with Crippen molar-refractivity contribution in [2.75, 3.05) is 0 Å². The van der Waals surface area contributed by atoms with Gasteiger partial charge in [-0.05, 0) is 6.08 Å². The van der Waals surface area contributed by atoms with Gasteiger partial charge in [-0.3, -0.25) is 0 Å². The van der Waals surface area contributed by atoms with Gasteiger partial charge in [0.25, 0.3) is 0 Å². The van der Waals surface area contributed by atoms with Crippen LogP contribution in [0.1, 0.15) is 7.77 Å². The van der Waals surface area contributed by atoms with Crippen molar-refractivity contribution >= 4 is 5.97 Å². The second-order valence-electron chi connectivity index (χ2n) is 2.57. The van der Waals surface area contributed by atoms with E-state index in [9.17, 15) is 4.79 Å². The van der Waals surface area contributed by atoms with E-state index in [1.807, 2.05) is 0 Å². The molecule has 5 heteroatoms. The number of hydrogen-bond acceptors (Lipinski definition) is 4. The average molecular weight is 175 g/mol. The molecule has 68 valence electrons. The normalized spacial score (nSPS) is 43.2. The molecule has 1 aliphatic carbocycles. The molecule has 0 saturated heterocycles. The molecular weight excluding hydrogens is 164 g/mol. The third-order valence-electron chi connectivity index (χ3n) is 1.65. The fourth-order valence-electron chi connectivity index (χ4n) is 0.965. The molecule has 0 aromatic heterocycles. The van der Waals surface area contributed by atoms with E-state index in [2.05, 4.69) is 0 Å². The first kappa shape index (κ1) is 7.72. The molecule has 0 bridgehead atoms. The lowest BCUT2D eigenvalue weighted by atomic mass is 9.92. The van der Waals surface area contributed by atoms with Crippen LogP contribution in [-0.4, -0.2) is 44.7 Å². The van der Waals surface area contributed by atoms with Crippen molar-refractivity contribution in [1.29, 1.82) is 0 Å². The van der Waals surface area contributed by atoms with Crippen molar-refractivity contribution in [2.24, 2.45) is 0 Å². The number of aliphatic hydroxyl groups is 3. The van der Waals surface area contributed by atoms with E-state index in [0.29, 0.717) is 0 Å². The monoisotopic (exact) mass is 175 g/mol. The largest absolute Gasteiger partial charge is 0.478 e. The average Bonchev–Trinajstić information content (AvgIpc) is 2.07. The smallest absolute Gasteiger partial charge is 0.331 e. The standard InChI is InChI=1S/C7H10O5/c8-4-1-3(7(11)12)2-5(9)6(4)10/h1,4-6,8-10H,2H2,(H,11,12)/t4-,5-,6-/m1/s1/i2D/t2?,4-,5-,6-. The molecule has 0 fully saturated rings. The number of carboxylic acids is 1. The van der Waals surface area contributed by atoms with Crippen LogP contribution in [0.5, 0.6) is 0 Å². The van der Waals surface area contributed by atoms with E-state index in [4.69, 9.17) is 21.8 Å². The minimum atomic E-state index is -1.56. The Hall–Kier alpha value is -0.910. The first-order valence-corrected chi connectivity index (χ1v) is 3.36. The van der Waals surface area contributed by atoms with E-state index in [1.165, 1.54) is 0 Å². The van der Waals surface area contributed by atoms with Gasteiger partial charge in [-0.15, -0.1) is 0 Å². The zero-order valence-electron chi connectivity index (χ0n) is 7.08. The van der Waals surface area contributed by atoms with Gasteiger partial charge < -0.3 is 20.4 Å². The Morgan fingerprint density at radius 3 is 2.67 bits per heavy atom. The summed E-state index contributed by atoms with van der Waals surface area (Å²) in [5, 5.41) is 35.8. The fraction of sp³-hybridized carbons (Fsp3) is 0.571. The van der Waals surface area contributed by atoms with Gasteiger partial charge in [-0.25, -0.2) is 4.79 Å². The van der Waals surface area contributed by atoms with Gasteiger partial charge in [0.2, 0.25) is 0 Å². The lowest BCUT2D eigenvalue weighted by Crippen LogP contribution is -2.40. The topological polar surface area (TPSA) is 98.0 Å². The zero-order valence-corrected chi connectivity index (χ0v) is 6.08. The number of carboxylic acid groups (broad SMARTS) is 1. The quantitative estimate of drug-likeness (QED) is 0.388. The van der Waals surface area contributed by atoms with Gasteiger partial charge >= 0.3 is 5.97 Å². The summed E-state index contributed by atoms with van der Waals surface area (Å²) in [6.07, 6.45) is -5.03. The molecule has 1 rings (SSSR count). The Morgan fingerprint density at radius 1 is 1.58 bits per heavy atom. The molecule has 1 aliphatic rings. The number of hydrogen-bond donors (Lipinski definition) is 4. The highest BCUT2D eigenvalue weighted by Crippen LogP contribution is 2.19. The number of aliphatic hydroxyl groups excluding tert-OH is 3. The summed E-state index contributed by atoms with van der Waals surface area (Å²) in [5.41, 5.74) is -0.398.